The van der Waals surface area contributed by atoms with Crippen LogP contribution in [0.5, 0.6) is 0 Å². The summed E-state index contributed by atoms with van der Waals surface area (Å²) in [6, 6.07) is 38.2. The minimum atomic E-state index is -3.33. The van der Waals surface area contributed by atoms with Gasteiger partial charge in [-0.05, 0) is 28.8 Å². The highest BCUT2D eigenvalue weighted by Gasteiger charge is 2.79. The summed E-state index contributed by atoms with van der Waals surface area (Å²) in [6.45, 7) is 0.119. The van der Waals surface area contributed by atoms with Crippen molar-refractivity contribution in [2.24, 2.45) is 0 Å². The first-order chi connectivity index (χ1) is 20.1. The van der Waals surface area contributed by atoms with Gasteiger partial charge < -0.3 is 18.9 Å². The largest absolute Gasteiger partial charge is 0.373 e. The molecule has 0 unspecified atom stereocenters. The summed E-state index contributed by atoms with van der Waals surface area (Å²) in [6.07, 6.45) is -3.09. The van der Waals surface area contributed by atoms with Crippen LogP contribution < -0.4 is 0 Å². The fourth-order valence-electron chi connectivity index (χ4n) is 5.57. The molecular formula is C34H32F2O4S. The molecule has 2 aliphatic rings. The van der Waals surface area contributed by atoms with Crippen molar-refractivity contribution in [1.82, 2.24) is 0 Å². The van der Waals surface area contributed by atoms with Gasteiger partial charge in [0.1, 0.15) is 18.3 Å². The molecule has 0 aliphatic carbocycles. The van der Waals surface area contributed by atoms with Gasteiger partial charge in [0.2, 0.25) is 0 Å². The molecule has 2 fully saturated rings. The summed E-state index contributed by atoms with van der Waals surface area (Å²) < 4.78 is 58.3. The van der Waals surface area contributed by atoms with Crippen molar-refractivity contribution in [2.45, 2.75) is 59.8 Å². The van der Waals surface area contributed by atoms with Crippen LogP contribution in [-0.2, 0) is 38.8 Å². The zero-order valence-corrected chi connectivity index (χ0v) is 23.3. The van der Waals surface area contributed by atoms with Gasteiger partial charge in [0.25, 0.3) is 0 Å². The number of thioether (sulfide) groups is 1. The van der Waals surface area contributed by atoms with Gasteiger partial charge in [0, 0.05) is 4.90 Å². The van der Waals surface area contributed by atoms with Crippen LogP contribution in [0.2, 0.25) is 0 Å². The molecule has 2 saturated heterocycles. The number of halogens is 2. The van der Waals surface area contributed by atoms with Crippen LogP contribution in [0.1, 0.15) is 16.7 Å². The summed E-state index contributed by atoms with van der Waals surface area (Å²) in [7, 11) is 0. The molecule has 4 nitrogen and oxygen atoms in total. The Hall–Kier alpha value is -3.07. The van der Waals surface area contributed by atoms with Crippen LogP contribution in [0.15, 0.2) is 126 Å². The van der Waals surface area contributed by atoms with Gasteiger partial charge in [0.05, 0.1) is 31.7 Å². The molecule has 2 heterocycles. The third kappa shape index (κ3) is 5.83. The number of alkyl halides is 2. The number of hydrogen-bond acceptors (Lipinski definition) is 5. The molecule has 0 amide bonds. The predicted molar refractivity (Wildman–Crippen MR) is 155 cm³/mol. The van der Waals surface area contributed by atoms with Crippen LogP contribution in [0.3, 0.4) is 0 Å². The molecule has 0 spiro atoms. The molecule has 0 N–H and O–H groups in total. The monoisotopic (exact) mass is 574 g/mol. The van der Waals surface area contributed by atoms with Crippen LogP contribution >= 0.6 is 11.8 Å². The van der Waals surface area contributed by atoms with Crippen molar-refractivity contribution < 1.29 is 27.7 Å². The molecule has 212 valence electrons. The second kappa shape index (κ2) is 12.4. The number of rotatable bonds is 12. The molecule has 4 aromatic carbocycles. The maximum absolute atomic E-state index is 16.7. The van der Waals surface area contributed by atoms with Gasteiger partial charge in [-0.3, -0.25) is 0 Å². The van der Waals surface area contributed by atoms with Crippen molar-refractivity contribution in [3.63, 3.8) is 0 Å². The second-order valence-electron chi connectivity index (χ2n) is 10.4. The Balaban J connectivity index is 1.31. The van der Waals surface area contributed by atoms with Gasteiger partial charge >= 0.3 is 5.92 Å². The number of fused-ring (bicyclic) bond motifs is 2. The van der Waals surface area contributed by atoms with Crippen LogP contribution in [-0.4, -0.2) is 41.7 Å². The number of ether oxygens (including phenoxy) is 4. The number of hydrogen-bond donors (Lipinski definition) is 0. The van der Waals surface area contributed by atoms with Gasteiger partial charge in [-0.25, -0.2) is 8.78 Å². The first kappa shape index (κ1) is 28.1. The Labute approximate surface area is 243 Å². The topological polar surface area (TPSA) is 36.9 Å². The van der Waals surface area contributed by atoms with E-state index in [1.807, 2.05) is 121 Å². The van der Waals surface area contributed by atoms with E-state index in [-0.39, 0.29) is 26.4 Å². The van der Waals surface area contributed by atoms with E-state index >= 15 is 8.78 Å². The lowest BCUT2D eigenvalue weighted by Gasteiger charge is -2.45. The quantitative estimate of drug-likeness (QED) is 0.177. The zero-order valence-electron chi connectivity index (χ0n) is 22.5. The smallest absolute Gasteiger partial charge is 0.308 e. The van der Waals surface area contributed by atoms with E-state index in [4.69, 9.17) is 18.9 Å². The van der Waals surface area contributed by atoms with Crippen molar-refractivity contribution in [1.29, 1.82) is 0 Å². The Morgan fingerprint density at radius 3 is 1.73 bits per heavy atom. The molecular weight excluding hydrogens is 542 g/mol. The fourth-order valence-corrected chi connectivity index (χ4v) is 6.91. The lowest BCUT2D eigenvalue weighted by Crippen LogP contribution is -2.67. The van der Waals surface area contributed by atoms with E-state index < -0.39 is 35.1 Å². The molecule has 6 rings (SSSR count). The first-order valence-electron chi connectivity index (χ1n) is 13.8. The normalized spacial score (nSPS) is 26.3. The minimum absolute atomic E-state index is 0.000390. The Morgan fingerprint density at radius 2 is 1.15 bits per heavy atom. The Kier molecular flexibility index (Phi) is 8.51. The van der Waals surface area contributed by atoms with Crippen LogP contribution in [0, 0.1) is 0 Å². The zero-order chi connectivity index (χ0) is 28.1. The fraction of sp³-hybridized carbons (Fsp3) is 0.294. The molecule has 2 aliphatic heterocycles. The standard InChI is InChI=1S/C34H32F2O4S/c35-34(36)32-30(41-28-19-11-4-12-20-28)29(38-22-26-15-7-2-8-16-26)31(40-32)33(34,39-23-27-17-9-3-10-18-27)24-37-21-25-13-5-1-6-14-25/h1-20,29-32H,21-24H2/t29-,30-,31+,32-,33+/m1/s1. The van der Waals surface area contributed by atoms with Gasteiger partial charge in [-0.1, -0.05) is 109 Å². The summed E-state index contributed by atoms with van der Waals surface area (Å²) in [5.41, 5.74) is 0.622. The van der Waals surface area contributed by atoms with Crippen molar-refractivity contribution in [2.75, 3.05) is 6.61 Å². The average Bonchev–Trinajstić information content (AvgIpc) is 3.48. The third-order valence-corrected chi connectivity index (χ3v) is 8.99. The highest BCUT2D eigenvalue weighted by Crippen LogP contribution is 2.58. The van der Waals surface area contributed by atoms with Crippen LogP contribution in [0.25, 0.3) is 0 Å². The lowest BCUT2D eigenvalue weighted by molar-refractivity contribution is -0.254. The average molecular weight is 575 g/mol. The first-order valence-corrected chi connectivity index (χ1v) is 14.6. The maximum atomic E-state index is 16.7. The summed E-state index contributed by atoms with van der Waals surface area (Å²) in [5.74, 6) is -3.33. The highest BCUT2D eigenvalue weighted by atomic mass is 32.2. The molecule has 2 bridgehead atoms. The SMILES string of the molecule is FC1(F)[C@@H]2O[C@@H]([C@H](OCc3ccccc3)[C@H]2Sc2ccccc2)[C@]1(COCc1ccccc1)OCc1ccccc1. The molecule has 0 radical (unpaired) electrons. The van der Waals surface area contributed by atoms with E-state index in [1.165, 1.54) is 11.8 Å². The molecule has 0 saturated carbocycles. The summed E-state index contributed by atoms with van der Waals surface area (Å²) >= 11 is 1.37. The highest BCUT2D eigenvalue weighted by molar-refractivity contribution is 8.00. The Morgan fingerprint density at radius 1 is 0.634 bits per heavy atom. The van der Waals surface area contributed by atoms with Gasteiger partial charge in [0.15, 0.2) is 5.60 Å². The predicted octanol–water partition coefficient (Wildman–Crippen LogP) is 7.32. The molecule has 4 aromatic rings. The maximum Gasteiger partial charge on any atom is 0.308 e. The third-order valence-electron chi connectivity index (χ3n) is 7.66. The minimum Gasteiger partial charge on any atom is -0.373 e. The van der Waals surface area contributed by atoms with Crippen molar-refractivity contribution in [3.8, 4) is 0 Å². The Bertz CT molecular complexity index is 1380. The van der Waals surface area contributed by atoms with Crippen LogP contribution in [0.4, 0.5) is 8.78 Å². The van der Waals surface area contributed by atoms with Crippen molar-refractivity contribution >= 4 is 11.8 Å². The van der Waals surface area contributed by atoms with Crippen molar-refractivity contribution in [3.05, 3.63) is 138 Å². The van der Waals surface area contributed by atoms with Gasteiger partial charge in [-0.2, -0.15) is 0 Å². The van der Waals surface area contributed by atoms with E-state index in [0.717, 1.165) is 21.6 Å². The molecule has 0 aromatic heterocycles. The molecule has 7 heteroatoms. The van der Waals surface area contributed by atoms with E-state index in [1.54, 1.807) is 0 Å². The molecule has 5 atom stereocenters. The van der Waals surface area contributed by atoms with E-state index in [2.05, 4.69) is 0 Å². The second-order valence-corrected chi connectivity index (χ2v) is 11.7. The summed E-state index contributed by atoms with van der Waals surface area (Å²) in [5, 5.41) is -0.635. The lowest BCUT2D eigenvalue weighted by atomic mass is 9.79. The summed E-state index contributed by atoms with van der Waals surface area (Å²) in [4.78, 5) is 0.883. The molecule has 41 heavy (non-hydrogen) atoms. The number of benzene rings is 4. The van der Waals surface area contributed by atoms with E-state index in [9.17, 15) is 0 Å². The van der Waals surface area contributed by atoms with Gasteiger partial charge in [-0.15, -0.1) is 11.8 Å². The van der Waals surface area contributed by atoms with E-state index in [0.29, 0.717) is 0 Å².